The molecule has 0 spiro atoms. The van der Waals surface area contributed by atoms with Crippen molar-refractivity contribution in [3.05, 3.63) is 129 Å². The third-order valence-electron chi connectivity index (χ3n) is 11.1. The highest BCUT2D eigenvalue weighted by Gasteiger charge is 2.41. The number of aliphatic hydroxyl groups is 1. The molecule has 2 aromatic heterocycles. The number of H-pyrrole nitrogens is 1. The molecule has 0 saturated carbocycles. The molecule has 294 valence electrons. The molecule has 3 aliphatic rings. The van der Waals surface area contributed by atoms with E-state index in [9.17, 15) is 29.7 Å². The van der Waals surface area contributed by atoms with E-state index in [1.54, 1.807) is 27.7 Å². The van der Waals surface area contributed by atoms with Gasteiger partial charge in [0.1, 0.15) is 5.75 Å². The fraction of sp³-hybridized carbons (Fsp3) is 0.310. The lowest BCUT2D eigenvalue weighted by atomic mass is 9.82. The fourth-order valence-electron chi connectivity index (χ4n) is 8.33. The molecule has 0 radical (unpaired) electrons. The van der Waals surface area contributed by atoms with Gasteiger partial charge in [-0.15, -0.1) is 0 Å². The minimum absolute atomic E-state index is 0. The molecule has 3 fully saturated rings. The van der Waals surface area contributed by atoms with Crippen molar-refractivity contribution in [2.45, 2.75) is 50.9 Å². The Kier molecular flexibility index (Phi) is 12.0. The number of nitrogens with zero attached hydrogens (tertiary/aromatic N) is 3. The van der Waals surface area contributed by atoms with E-state index in [1.807, 2.05) is 54.6 Å². The number of aromatic hydroxyl groups is 1. The molecular formula is C42H45F2N5O7. The number of piperidine rings is 3. The molecule has 4 aromatic carbocycles. The summed E-state index contributed by atoms with van der Waals surface area (Å²) in [4.78, 5) is 44.4. The van der Waals surface area contributed by atoms with Crippen LogP contribution in [0.2, 0.25) is 0 Å². The third-order valence-corrected chi connectivity index (χ3v) is 11.1. The van der Waals surface area contributed by atoms with E-state index >= 15 is 0 Å². The van der Waals surface area contributed by atoms with Gasteiger partial charge in [-0.3, -0.25) is 23.7 Å². The van der Waals surface area contributed by atoms with Crippen molar-refractivity contribution >= 4 is 33.8 Å². The number of carbonyl (C=O) groups is 1. The largest absolute Gasteiger partial charge is 0.506 e. The monoisotopic (exact) mass is 769 g/mol. The molecule has 6 aromatic rings. The van der Waals surface area contributed by atoms with Gasteiger partial charge >= 0.3 is 11.8 Å². The van der Waals surface area contributed by atoms with Crippen LogP contribution in [-0.4, -0.2) is 68.1 Å². The average molecular weight is 770 g/mol. The average Bonchev–Trinajstić information content (AvgIpc) is 3.49. The molecule has 0 unspecified atom stereocenters. The number of benzene rings is 4. The van der Waals surface area contributed by atoms with Crippen LogP contribution in [-0.2, 0) is 19.5 Å². The highest BCUT2D eigenvalue weighted by atomic mass is 19.0. The van der Waals surface area contributed by atoms with Gasteiger partial charge in [-0.05, 0) is 97.3 Å². The summed E-state index contributed by atoms with van der Waals surface area (Å²) in [5, 5.41) is 35.6. The molecule has 0 aliphatic carbocycles. The van der Waals surface area contributed by atoms with Crippen LogP contribution in [0.15, 0.2) is 105 Å². The first-order valence-corrected chi connectivity index (χ1v) is 18.5. The predicted octanol–water partition coefficient (Wildman–Crippen LogP) is 6.15. The van der Waals surface area contributed by atoms with Crippen LogP contribution in [0.5, 0.6) is 5.75 Å². The zero-order valence-electron chi connectivity index (χ0n) is 30.6. The maximum atomic E-state index is 13.0. The number of oxazole rings is 1. The van der Waals surface area contributed by atoms with Crippen LogP contribution in [0.3, 0.4) is 0 Å². The Morgan fingerprint density at radius 1 is 0.946 bits per heavy atom. The second-order valence-corrected chi connectivity index (χ2v) is 14.4. The predicted molar refractivity (Wildman–Crippen MR) is 212 cm³/mol. The number of halogens is 2. The number of anilines is 1. The van der Waals surface area contributed by atoms with E-state index in [2.05, 4.69) is 21.3 Å². The summed E-state index contributed by atoms with van der Waals surface area (Å²) in [6, 6.07) is 27.5. The molecule has 3 saturated heterocycles. The summed E-state index contributed by atoms with van der Waals surface area (Å²) in [5.41, 5.74) is 6.11. The van der Waals surface area contributed by atoms with Crippen LogP contribution in [0.25, 0.3) is 33.1 Å². The number of pyridine rings is 1. The van der Waals surface area contributed by atoms with Crippen molar-refractivity contribution in [3.8, 4) is 16.9 Å². The first kappa shape index (κ1) is 39.9. The molecule has 2 bridgehead atoms. The van der Waals surface area contributed by atoms with Gasteiger partial charge in [0, 0.05) is 43.2 Å². The lowest BCUT2D eigenvalue weighted by molar-refractivity contribution is 0.0837. The highest BCUT2D eigenvalue weighted by molar-refractivity contribution is 5.94. The fourth-order valence-corrected chi connectivity index (χ4v) is 8.33. The number of aliphatic hydroxyl groups excluding tert-OH is 1. The Labute approximate surface area is 320 Å². The summed E-state index contributed by atoms with van der Waals surface area (Å²) < 4.78 is 7.21. The first-order valence-electron chi connectivity index (χ1n) is 18.5. The van der Waals surface area contributed by atoms with Gasteiger partial charge < -0.3 is 34.9 Å². The Balaban J connectivity index is 0.00000266. The van der Waals surface area contributed by atoms with Gasteiger partial charge in [-0.25, -0.2) is 9.59 Å². The number of aromatic amines is 1. The van der Waals surface area contributed by atoms with Crippen LogP contribution in [0.4, 0.5) is 19.9 Å². The lowest BCUT2D eigenvalue weighted by Crippen LogP contribution is -2.59. The van der Waals surface area contributed by atoms with Crippen LogP contribution in [0, 0.1) is 5.92 Å². The van der Waals surface area contributed by atoms with E-state index in [0.29, 0.717) is 59.6 Å². The molecule has 56 heavy (non-hydrogen) atoms. The van der Waals surface area contributed by atoms with Gasteiger partial charge in [0.25, 0.3) is 0 Å². The van der Waals surface area contributed by atoms with Crippen LogP contribution in [0.1, 0.15) is 42.1 Å². The van der Waals surface area contributed by atoms with Crippen molar-refractivity contribution < 1.29 is 33.9 Å². The zero-order chi connectivity index (χ0) is 37.3. The number of rotatable bonds is 12. The quantitative estimate of drug-likeness (QED) is 0.0983. The summed E-state index contributed by atoms with van der Waals surface area (Å²) in [6.45, 7) is 3.81. The molecule has 9 rings (SSSR count). The molecule has 12 nitrogen and oxygen atoms in total. The number of aromatic nitrogens is 2. The molecule has 5 N–H and O–H groups in total. The molecule has 3 aliphatic heterocycles. The van der Waals surface area contributed by atoms with E-state index in [4.69, 9.17) is 4.42 Å². The molecule has 2 atom stereocenters. The van der Waals surface area contributed by atoms with E-state index in [0.717, 1.165) is 54.7 Å². The Morgan fingerprint density at radius 2 is 1.71 bits per heavy atom. The van der Waals surface area contributed by atoms with Gasteiger partial charge in [0.05, 0.1) is 28.9 Å². The topological polar surface area (TPSA) is 164 Å². The summed E-state index contributed by atoms with van der Waals surface area (Å²) >= 11 is 0. The normalized spacial score (nSPS) is 18.0. The first-order chi connectivity index (χ1) is 26.2. The number of fused-ring (bicyclic) bond motifs is 5. The molecule has 5 heterocycles. The Morgan fingerprint density at radius 3 is 2.45 bits per heavy atom. The van der Waals surface area contributed by atoms with Crippen LogP contribution >= 0.6 is 0 Å². The van der Waals surface area contributed by atoms with Crippen molar-refractivity contribution in [2.24, 2.45) is 5.92 Å². The SMILES string of the molecule is F.F.O=C(O)N(c1cc(CCCn2c(=O)oc3ccc(CNC[C@H](O)c4ccc(O)c5[nH]c(=O)ccc45)cc32)ccc1-c1ccccc1)[C@H]1CN2CCC1CC2. The number of nitrogens with one attached hydrogen (secondary N) is 2. The lowest BCUT2D eigenvalue weighted by Gasteiger charge is -2.48. The van der Waals surface area contributed by atoms with E-state index in [-0.39, 0.29) is 38.8 Å². The molecule has 14 heteroatoms. The third kappa shape index (κ3) is 7.94. The van der Waals surface area contributed by atoms with Crippen molar-refractivity contribution in [1.82, 2.24) is 19.8 Å². The highest BCUT2D eigenvalue weighted by Crippen LogP contribution is 2.39. The Hall–Kier alpha value is -5.83. The summed E-state index contributed by atoms with van der Waals surface area (Å²) in [7, 11) is 0. The van der Waals surface area contributed by atoms with E-state index < -0.39 is 18.0 Å². The van der Waals surface area contributed by atoms with Crippen molar-refractivity contribution in [2.75, 3.05) is 31.1 Å². The number of phenols is 1. The second kappa shape index (κ2) is 16.9. The number of amides is 1. The number of hydrogen-bond acceptors (Lipinski definition) is 8. The number of carboxylic acid groups (broad SMARTS) is 1. The zero-order valence-corrected chi connectivity index (χ0v) is 30.6. The molecule has 1 amide bonds. The maximum absolute atomic E-state index is 13.0. The standard InChI is InChI=1S/C42H43N5O7.2FH/c48-36-13-11-31(32-12-15-39(50)44-40(32)36)37(49)24-43-23-27-9-14-38-34(22-27)46(42(53)54-38)18-4-5-26-8-10-30(28-6-2-1-3-7-28)33(21-26)47(41(51)52)35-25-45-19-16-29(35)17-20-45;;/h1-3,6-15,21-22,29,35,37,43,48-49H,4-5,16-20,23-25H2,(H,44,50)(H,51,52);2*1H/t35-,37-;;/m0../s1. The van der Waals surface area contributed by atoms with Gasteiger partial charge in [0.15, 0.2) is 5.58 Å². The smallest absolute Gasteiger partial charge is 0.419 e. The van der Waals surface area contributed by atoms with Gasteiger partial charge in [0.2, 0.25) is 5.56 Å². The Bertz CT molecular complexity index is 2440. The minimum atomic E-state index is -0.939. The second-order valence-electron chi connectivity index (χ2n) is 14.4. The summed E-state index contributed by atoms with van der Waals surface area (Å²) in [5.74, 6) is -0.180. The van der Waals surface area contributed by atoms with Crippen molar-refractivity contribution in [3.63, 3.8) is 0 Å². The summed E-state index contributed by atoms with van der Waals surface area (Å²) in [6.07, 6.45) is 1.42. The molecular weight excluding hydrogens is 724 g/mol. The van der Waals surface area contributed by atoms with Gasteiger partial charge in [-0.1, -0.05) is 54.6 Å². The van der Waals surface area contributed by atoms with E-state index in [1.165, 1.54) is 12.1 Å². The number of hydrogen-bond donors (Lipinski definition) is 5. The minimum Gasteiger partial charge on any atom is -0.506 e. The van der Waals surface area contributed by atoms with Crippen LogP contribution < -0.4 is 21.5 Å². The van der Waals surface area contributed by atoms with Crippen molar-refractivity contribution in [1.29, 1.82) is 0 Å². The van der Waals surface area contributed by atoms with Gasteiger partial charge in [-0.2, -0.15) is 0 Å². The number of phenolic OH excluding ortho intramolecular Hbond substituents is 1. The number of aryl methyl sites for hydroxylation is 2. The maximum Gasteiger partial charge on any atom is 0.419 e.